The maximum Gasteiger partial charge on any atom is 0.155 e. The number of carbonyl (C=O) groups is 1. The molecule has 0 unspecified atom stereocenters. The minimum Gasteiger partial charge on any atom is -0.368 e. The van der Waals surface area contributed by atoms with Gasteiger partial charge in [0.25, 0.3) is 0 Å². The molecule has 0 bridgehead atoms. The summed E-state index contributed by atoms with van der Waals surface area (Å²) in [5, 5.41) is 16.8. The van der Waals surface area contributed by atoms with Crippen LogP contribution in [0.25, 0.3) is 0 Å². The molecule has 0 aromatic carbocycles. The fraction of sp³-hybridized carbons (Fsp3) is 0.800. The van der Waals surface area contributed by atoms with E-state index in [1.165, 1.54) is 0 Å². The van der Waals surface area contributed by atoms with Gasteiger partial charge in [-0.1, -0.05) is 0 Å². The molecule has 0 aromatic rings. The van der Waals surface area contributed by atoms with Crippen molar-refractivity contribution >= 4 is 5.78 Å². The van der Waals surface area contributed by atoms with Crippen molar-refractivity contribution in [2.24, 2.45) is 5.92 Å². The molecule has 0 radical (unpaired) electrons. The van der Waals surface area contributed by atoms with Crippen LogP contribution in [0, 0.1) is 5.92 Å². The van der Waals surface area contributed by atoms with Gasteiger partial charge in [-0.2, -0.15) is 0 Å². The standard InChI is InChI=1S/C5H8O3/c6-4-1-3(2-4)5(7)8/h3,5,7-8H,1-2H2. The Balaban J connectivity index is 2.25. The van der Waals surface area contributed by atoms with Crippen LogP contribution in [-0.4, -0.2) is 22.3 Å². The molecule has 1 rings (SSSR count). The van der Waals surface area contributed by atoms with Crippen molar-refractivity contribution in [2.75, 3.05) is 0 Å². The lowest BCUT2D eigenvalue weighted by molar-refractivity contribution is -0.145. The monoisotopic (exact) mass is 116 g/mol. The predicted octanol–water partition coefficient (Wildman–Crippen LogP) is -0.724. The van der Waals surface area contributed by atoms with Crippen LogP contribution in [0.1, 0.15) is 12.8 Å². The number of rotatable bonds is 1. The third kappa shape index (κ3) is 0.877. The molecule has 0 atom stereocenters. The summed E-state index contributed by atoms with van der Waals surface area (Å²) in [7, 11) is 0. The number of hydrogen-bond donors (Lipinski definition) is 2. The van der Waals surface area contributed by atoms with Crippen molar-refractivity contribution in [1.29, 1.82) is 0 Å². The van der Waals surface area contributed by atoms with Crippen molar-refractivity contribution in [2.45, 2.75) is 19.1 Å². The van der Waals surface area contributed by atoms with Gasteiger partial charge < -0.3 is 10.2 Å². The van der Waals surface area contributed by atoms with E-state index in [1.54, 1.807) is 0 Å². The number of ketones is 1. The first-order valence-corrected chi connectivity index (χ1v) is 2.58. The van der Waals surface area contributed by atoms with Crippen LogP contribution in [-0.2, 0) is 4.79 Å². The Morgan fingerprint density at radius 3 is 2.12 bits per heavy atom. The minimum atomic E-state index is -1.28. The second kappa shape index (κ2) is 1.84. The maximum absolute atomic E-state index is 10.2. The van der Waals surface area contributed by atoms with E-state index in [0.29, 0.717) is 12.8 Å². The van der Waals surface area contributed by atoms with Crippen LogP contribution in [0.3, 0.4) is 0 Å². The normalized spacial score (nSPS) is 21.6. The number of carbonyl (C=O) groups excluding carboxylic acids is 1. The van der Waals surface area contributed by atoms with Crippen LogP contribution in [0.5, 0.6) is 0 Å². The molecule has 0 aliphatic heterocycles. The zero-order chi connectivity index (χ0) is 6.15. The van der Waals surface area contributed by atoms with Crippen LogP contribution >= 0.6 is 0 Å². The SMILES string of the molecule is O=C1CC(C(O)O)C1. The van der Waals surface area contributed by atoms with Crippen LogP contribution < -0.4 is 0 Å². The highest BCUT2D eigenvalue weighted by atomic mass is 16.5. The van der Waals surface area contributed by atoms with Gasteiger partial charge in [0, 0.05) is 18.8 Å². The number of Topliss-reactive ketones (excluding diaryl/α,β-unsaturated/α-hetero) is 1. The summed E-state index contributed by atoms with van der Waals surface area (Å²) in [6.45, 7) is 0. The Bertz CT molecular complexity index is 100. The van der Waals surface area contributed by atoms with Gasteiger partial charge in [0.15, 0.2) is 6.29 Å². The maximum atomic E-state index is 10.2. The summed E-state index contributed by atoms with van der Waals surface area (Å²) < 4.78 is 0. The zero-order valence-corrected chi connectivity index (χ0v) is 4.37. The van der Waals surface area contributed by atoms with Crippen molar-refractivity contribution < 1.29 is 15.0 Å². The third-order valence-corrected chi connectivity index (χ3v) is 1.40. The molecule has 0 saturated heterocycles. The van der Waals surface area contributed by atoms with Gasteiger partial charge in [-0.25, -0.2) is 0 Å². The molecule has 46 valence electrons. The Kier molecular flexibility index (Phi) is 1.31. The van der Waals surface area contributed by atoms with Gasteiger partial charge in [0.2, 0.25) is 0 Å². The second-order valence-corrected chi connectivity index (χ2v) is 2.12. The van der Waals surface area contributed by atoms with E-state index in [4.69, 9.17) is 10.2 Å². The topological polar surface area (TPSA) is 57.5 Å². The highest BCUT2D eigenvalue weighted by Gasteiger charge is 2.31. The second-order valence-electron chi connectivity index (χ2n) is 2.12. The molecule has 1 aliphatic rings. The average molecular weight is 116 g/mol. The molecule has 1 saturated carbocycles. The number of hydrogen-bond acceptors (Lipinski definition) is 3. The van der Waals surface area contributed by atoms with Gasteiger partial charge >= 0.3 is 0 Å². The van der Waals surface area contributed by atoms with Gasteiger partial charge in [-0.3, -0.25) is 4.79 Å². The van der Waals surface area contributed by atoms with E-state index in [1.807, 2.05) is 0 Å². The molecule has 3 heteroatoms. The molecule has 0 heterocycles. The Labute approximate surface area is 46.9 Å². The van der Waals surface area contributed by atoms with Gasteiger partial charge in [-0.15, -0.1) is 0 Å². The average Bonchev–Trinajstić information content (AvgIpc) is 1.57. The third-order valence-electron chi connectivity index (χ3n) is 1.40. The first-order valence-electron chi connectivity index (χ1n) is 2.58. The van der Waals surface area contributed by atoms with E-state index in [2.05, 4.69) is 0 Å². The predicted molar refractivity (Wildman–Crippen MR) is 26.0 cm³/mol. The first-order chi connectivity index (χ1) is 3.70. The van der Waals surface area contributed by atoms with Crippen molar-refractivity contribution in [3.05, 3.63) is 0 Å². The smallest absolute Gasteiger partial charge is 0.155 e. The number of aliphatic hydroxyl groups excluding tert-OH is 1. The van der Waals surface area contributed by atoms with Crippen molar-refractivity contribution in [3.8, 4) is 0 Å². The molecule has 1 aliphatic carbocycles. The van der Waals surface area contributed by atoms with Gasteiger partial charge in [-0.05, 0) is 0 Å². The van der Waals surface area contributed by atoms with E-state index in [0.717, 1.165) is 0 Å². The van der Waals surface area contributed by atoms with Crippen LogP contribution in [0.4, 0.5) is 0 Å². The molecule has 0 aromatic heterocycles. The Morgan fingerprint density at radius 1 is 1.50 bits per heavy atom. The summed E-state index contributed by atoms with van der Waals surface area (Å²) in [5.74, 6) is -0.0504. The lowest BCUT2D eigenvalue weighted by atomic mass is 9.84. The highest BCUT2D eigenvalue weighted by Crippen LogP contribution is 2.24. The summed E-state index contributed by atoms with van der Waals surface area (Å²) in [5.41, 5.74) is 0. The van der Waals surface area contributed by atoms with E-state index >= 15 is 0 Å². The van der Waals surface area contributed by atoms with Crippen LogP contribution in [0.2, 0.25) is 0 Å². The van der Waals surface area contributed by atoms with Crippen molar-refractivity contribution in [3.63, 3.8) is 0 Å². The molecule has 3 nitrogen and oxygen atoms in total. The molecule has 2 N–H and O–H groups in total. The quantitative estimate of drug-likeness (QED) is 0.444. The van der Waals surface area contributed by atoms with Crippen molar-refractivity contribution in [1.82, 2.24) is 0 Å². The van der Waals surface area contributed by atoms with Gasteiger partial charge in [0.05, 0.1) is 0 Å². The van der Waals surface area contributed by atoms with E-state index < -0.39 is 6.29 Å². The largest absolute Gasteiger partial charge is 0.368 e. The summed E-state index contributed by atoms with van der Waals surface area (Å²) in [6.07, 6.45) is -0.595. The Hall–Kier alpha value is -0.410. The highest BCUT2D eigenvalue weighted by molar-refractivity contribution is 5.84. The van der Waals surface area contributed by atoms with E-state index in [-0.39, 0.29) is 11.7 Å². The molecule has 1 fully saturated rings. The fourth-order valence-electron chi connectivity index (χ4n) is 0.736. The number of aliphatic hydroxyl groups is 2. The van der Waals surface area contributed by atoms with Crippen LogP contribution in [0.15, 0.2) is 0 Å². The molecular formula is C5H8O3. The minimum absolute atomic E-state index is 0.128. The summed E-state index contributed by atoms with van der Waals surface area (Å²) in [4.78, 5) is 10.2. The zero-order valence-electron chi connectivity index (χ0n) is 4.37. The lowest BCUT2D eigenvalue weighted by Crippen LogP contribution is -2.33. The molecular weight excluding hydrogens is 108 g/mol. The summed E-state index contributed by atoms with van der Waals surface area (Å²) >= 11 is 0. The molecule has 0 amide bonds. The first kappa shape index (κ1) is 5.72. The molecule has 8 heavy (non-hydrogen) atoms. The van der Waals surface area contributed by atoms with Gasteiger partial charge in [0.1, 0.15) is 5.78 Å². The molecule has 0 spiro atoms. The summed E-state index contributed by atoms with van der Waals surface area (Å²) in [6, 6.07) is 0. The lowest BCUT2D eigenvalue weighted by Gasteiger charge is -2.24. The Morgan fingerprint density at radius 2 is 2.00 bits per heavy atom. The van der Waals surface area contributed by atoms with E-state index in [9.17, 15) is 4.79 Å². The fourth-order valence-corrected chi connectivity index (χ4v) is 0.736.